The summed E-state index contributed by atoms with van der Waals surface area (Å²) in [5.41, 5.74) is 0.227. The maximum Gasteiger partial charge on any atom is 0.339 e. The number of carbonyl (C=O) groups is 1. The number of carbonyl (C=O) groups excluding carboxylic acids is 1. The smallest absolute Gasteiger partial charge is 0.339 e. The molecule has 0 aliphatic carbocycles. The molecular weight excluding hydrogens is 232 g/mol. The molecule has 0 heterocycles. The molecule has 16 heavy (non-hydrogen) atoms. The number of benzene rings is 1. The molecule has 0 aliphatic heterocycles. The molecule has 1 rings (SSSR count). The molecule has 0 saturated heterocycles. The molecule has 0 spiro atoms. The molecule has 1 aromatic rings. The van der Waals surface area contributed by atoms with Crippen LogP contribution < -0.4 is 4.74 Å². The summed E-state index contributed by atoms with van der Waals surface area (Å²) >= 11 is 5.90. The van der Waals surface area contributed by atoms with E-state index < -0.39 is 12.1 Å². The van der Waals surface area contributed by atoms with E-state index in [4.69, 9.17) is 21.1 Å². The zero-order valence-corrected chi connectivity index (χ0v) is 9.82. The highest BCUT2D eigenvalue weighted by Gasteiger charge is 2.24. The molecule has 1 atom stereocenters. The van der Waals surface area contributed by atoms with Gasteiger partial charge in [-0.1, -0.05) is 17.7 Å². The van der Waals surface area contributed by atoms with Crippen molar-refractivity contribution in [2.75, 3.05) is 13.7 Å². The van der Waals surface area contributed by atoms with Gasteiger partial charge in [-0.15, -0.1) is 0 Å². The van der Waals surface area contributed by atoms with E-state index in [1.54, 1.807) is 25.1 Å². The Morgan fingerprint density at radius 3 is 2.81 bits per heavy atom. The number of aliphatic hydroxyl groups excluding tert-OH is 1. The van der Waals surface area contributed by atoms with Crippen molar-refractivity contribution < 1.29 is 19.4 Å². The average molecular weight is 245 g/mol. The van der Waals surface area contributed by atoms with Crippen LogP contribution in [0.2, 0.25) is 5.02 Å². The van der Waals surface area contributed by atoms with Gasteiger partial charge < -0.3 is 14.6 Å². The monoisotopic (exact) mass is 244 g/mol. The van der Waals surface area contributed by atoms with Gasteiger partial charge in [0, 0.05) is 0 Å². The highest BCUT2D eigenvalue weighted by atomic mass is 35.5. The first-order chi connectivity index (χ1) is 7.61. The van der Waals surface area contributed by atoms with Gasteiger partial charge in [0.1, 0.15) is 5.75 Å². The lowest BCUT2D eigenvalue weighted by atomic mass is 10.1. The van der Waals surface area contributed by atoms with Gasteiger partial charge in [-0.3, -0.25) is 0 Å². The number of halogens is 1. The van der Waals surface area contributed by atoms with Crippen molar-refractivity contribution in [2.45, 2.75) is 13.0 Å². The molecule has 0 fully saturated rings. The minimum atomic E-state index is -1.43. The van der Waals surface area contributed by atoms with Crippen molar-refractivity contribution >= 4 is 17.6 Å². The quantitative estimate of drug-likeness (QED) is 0.823. The topological polar surface area (TPSA) is 55.8 Å². The molecule has 1 N–H and O–H groups in total. The molecule has 0 aromatic heterocycles. The van der Waals surface area contributed by atoms with Crippen LogP contribution in [0, 0.1) is 0 Å². The van der Waals surface area contributed by atoms with Crippen molar-refractivity contribution in [3.8, 4) is 5.75 Å². The fourth-order valence-corrected chi connectivity index (χ4v) is 1.57. The second kappa shape index (κ2) is 5.72. The summed E-state index contributed by atoms with van der Waals surface area (Å²) in [6, 6.07) is 4.86. The van der Waals surface area contributed by atoms with Crippen LogP contribution in [0.3, 0.4) is 0 Å². The summed E-state index contributed by atoms with van der Waals surface area (Å²) in [5, 5.41) is 10.0. The lowest BCUT2D eigenvalue weighted by Crippen LogP contribution is -2.16. The van der Waals surface area contributed by atoms with Crippen LogP contribution in [-0.4, -0.2) is 24.8 Å². The molecule has 0 saturated carbocycles. The first kappa shape index (κ1) is 12.8. The maximum atomic E-state index is 11.4. The largest absolute Gasteiger partial charge is 0.496 e. The van der Waals surface area contributed by atoms with E-state index in [0.717, 1.165) is 0 Å². The fourth-order valence-electron chi connectivity index (χ4n) is 1.30. The third-order valence-electron chi connectivity index (χ3n) is 2.02. The van der Waals surface area contributed by atoms with E-state index in [1.807, 2.05) is 0 Å². The van der Waals surface area contributed by atoms with Gasteiger partial charge in [-0.25, -0.2) is 4.79 Å². The molecule has 88 valence electrons. The normalized spacial score (nSPS) is 12.0. The van der Waals surface area contributed by atoms with E-state index in [2.05, 4.69) is 0 Å². The minimum absolute atomic E-state index is 0.197. The van der Waals surface area contributed by atoms with Crippen LogP contribution in [0.15, 0.2) is 18.2 Å². The lowest BCUT2D eigenvalue weighted by Gasteiger charge is -2.14. The lowest BCUT2D eigenvalue weighted by molar-refractivity contribution is -0.153. The number of ether oxygens (including phenoxy) is 2. The molecule has 4 nitrogen and oxygen atoms in total. The summed E-state index contributed by atoms with van der Waals surface area (Å²) in [5.74, 6) is -0.387. The number of aliphatic hydroxyl groups is 1. The van der Waals surface area contributed by atoms with E-state index in [1.165, 1.54) is 7.11 Å². The van der Waals surface area contributed by atoms with Gasteiger partial charge in [0.2, 0.25) is 0 Å². The van der Waals surface area contributed by atoms with Gasteiger partial charge in [-0.05, 0) is 19.1 Å². The van der Waals surface area contributed by atoms with Crippen LogP contribution in [0.4, 0.5) is 0 Å². The fraction of sp³-hybridized carbons (Fsp3) is 0.364. The first-order valence-electron chi connectivity index (χ1n) is 4.78. The Bertz CT molecular complexity index is 378. The molecule has 1 aromatic carbocycles. The van der Waals surface area contributed by atoms with Gasteiger partial charge in [0.15, 0.2) is 6.10 Å². The van der Waals surface area contributed by atoms with Crippen molar-refractivity contribution in [1.29, 1.82) is 0 Å². The number of hydrogen-bond acceptors (Lipinski definition) is 4. The standard InChI is InChI=1S/C11H13ClO4/c1-3-16-11(14)10(13)9-7(12)5-4-6-8(9)15-2/h4-6,10,13H,3H2,1-2H3. The van der Waals surface area contributed by atoms with Gasteiger partial charge in [0.25, 0.3) is 0 Å². The number of rotatable bonds is 4. The van der Waals surface area contributed by atoms with Crippen molar-refractivity contribution in [2.24, 2.45) is 0 Å². The number of hydrogen-bond donors (Lipinski definition) is 1. The van der Waals surface area contributed by atoms with E-state index in [0.29, 0.717) is 5.75 Å². The van der Waals surface area contributed by atoms with Crippen molar-refractivity contribution in [3.63, 3.8) is 0 Å². The third kappa shape index (κ3) is 2.65. The second-order valence-corrected chi connectivity index (χ2v) is 3.42. The van der Waals surface area contributed by atoms with E-state index in [9.17, 15) is 9.90 Å². The van der Waals surface area contributed by atoms with Gasteiger partial charge >= 0.3 is 5.97 Å². The molecule has 0 amide bonds. The van der Waals surface area contributed by atoms with Crippen LogP contribution in [-0.2, 0) is 9.53 Å². The Balaban J connectivity index is 3.06. The SMILES string of the molecule is CCOC(=O)C(O)c1c(Cl)cccc1OC. The average Bonchev–Trinajstić information content (AvgIpc) is 2.28. The van der Waals surface area contributed by atoms with Crippen LogP contribution >= 0.6 is 11.6 Å². The summed E-state index contributed by atoms with van der Waals surface area (Å²) < 4.78 is 9.73. The zero-order valence-electron chi connectivity index (χ0n) is 9.07. The van der Waals surface area contributed by atoms with Crippen molar-refractivity contribution in [3.05, 3.63) is 28.8 Å². The first-order valence-corrected chi connectivity index (χ1v) is 5.16. The van der Waals surface area contributed by atoms with Crippen LogP contribution in [0.1, 0.15) is 18.6 Å². The van der Waals surface area contributed by atoms with Gasteiger partial charge in [0.05, 0.1) is 24.3 Å². The van der Waals surface area contributed by atoms with Crippen LogP contribution in [0.5, 0.6) is 5.75 Å². The zero-order chi connectivity index (χ0) is 12.1. The molecular formula is C11H13ClO4. The van der Waals surface area contributed by atoms with E-state index in [-0.39, 0.29) is 17.2 Å². The summed E-state index contributed by atoms with van der Waals surface area (Å²) in [4.78, 5) is 11.4. The maximum absolute atomic E-state index is 11.4. The summed E-state index contributed by atoms with van der Waals surface area (Å²) in [6.45, 7) is 1.86. The Morgan fingerprint density at radius 2 is 2.25 bits per heavy atom. The second-order valence-electron chi connectivity index (χ2n) is 3.01. The Kier molecular flexibility index (Phi) is 4.58. The third-order valence-corrected chi connectivity index (χ3v) is 2.35. The Morgan fingerprint density at radius 1 is 1.56 bits per heavy atom. The predicted molar refractivity (Wildman–Crippen MR) is 59.6 cm³/mol. The highest BCUT2D eigenvalue weighted by Crippen LogP contribution is 2.32. The minimum Gasteiger partial charge on any atom is -0.496 e. The highest BCUT2D eigenvalue weighted by molar-refractivity contribution is 6.31. The Labute approximate surface area is 98.7 Å². The predicted octanol–water partition coefficient (Wildman–Crippen LogP) is 1.95. The van der Waals surface area contributed by atoms with Crippen molar-refractivity contribution in [1.82, 2.24) is 0 Å². The molecule has 0 radical (unpaired) electrons. The molecule has 0 aliphatic rings. The molecule has 1 unspecified atom stereocenters. The molecule has 5 heteroatoms. The van der Waals surface area contributed by atoms with E-state index >= 15 is 0 Å². The summed E-state index contributed by atoms with van der Waals surface area (Å²) in [6.07, 6.45) is -1.43. The summed E-state index contributed by atoms with van der Waals surface area (Å²) in [7, 11) is 1.44. The van der Waals surface area contributed by atoms with Crippen LogP contribution in [0.25, 0.3) is 0 Å². The van der Waals surface area contributed by atoms with Gasteiger partial charge in [-0.2, -0.15) is 0 Å². The number of esters is 1. The number of methoxy groups -OCH3 is 1. The Hall–Kier alpha value is -1.26. The molecule has 0 bridgehead atoms.